The Labute approximate surface area is 128 Å². The van der Waals surface area contributed by atoms with E-state index in [0.29, 0.717) is 0 Å². The van der Waals surface area contributed by atoms with Crippen LogP contribution in [0.2, 0.25) is 0 Å². The van der Waals surface area contributed by atoms with E-state index in [-0.39, 0.29) is 6.04 Å². The van der Waals surface area contributed by atoms with E-state index in [1.807, 2.05) is 42.5 Å². The zero-order valence-corrected chi connectivity index (χ0v) is 13.1. The molecule has 0 fully saturated rings. The Balaban J connectivity index is 2.20. The van der Waals surface area contributed by atoms with Gasteiger partial charge in [-0.05, 0) is 65.3 Å². The maximum atomic E-state index is 6.03. The molecule has 0 aliphatic heterocycles. The first-order chi connectivity index (χ1) is 9.19. The second-order valence-electron chi connectivity index (χ2n) is 4.54. The molecule has 0 bridgehead atoms. The summed E-state index contributed by atoms with van der Waals surface area (Å²) in [6.07, 6.45) is 1.81. The van der Waals surface area contributed by atoms with Crippen LogP contribution in [-0.4, -0.2) is 6.04 Å². The van der Waals surface area contributed by atoms with E-state index in [1.54, 1.807) is 0 Å². The van der Waals surface area contributed by atoms with Gasteiger partial charge in [0.25, 0.3) is 0 Å². The minimum Gasteiger partial charge on any atom is -0.457 e. The average molecular weight is 367 g/mol. The molecule has 2 aromatic rings. The van der Waals surface area contributed by atoms with Gasteiger partial charge in [-0.25, -0.2) is 0 Å². The van der Waals surface area contributed by atoms with Crippen LogP contribution >= 0.6 is 22.6 Å². The Kier molecular flexibility index (Phi) is 5.22. The van der Waals surface area contributed by atoms with E-state index in [9.17, 15) is 0 Å². The molecule has 100 valence electrons. The van der Waals surface area contributed by atoms with Crippen molar-refractivity contribution in [1.29, 1.82) is 0 Å². The van der Waals surface area contributed by atoms with Gasteiger partial charge in [0.1, 0.15) is 11.5 Å². The first kappa shape index (κ1) is 14.3. The second-order valence-corrected chi connectivity index (χ2v) is 5.79. The fraction of sp³-hybridized carbons (Fsp3) is 0.250. The minimum absolute atomic E-state index is 0.181. The SMILES string of the molecule is CCC(N)Cc1ccccc1Oc1cccc(I)c1. The van der Waals surface area contributed by atoms with Gasteiger partial charge in [0, 0.05) is 9.61 Å². The molecular formula is C16H18INO. The maximum absolute atomic E-state index is 6.03. The van der Waals surface area contributed by atoms with Crippen molar-refractivity contribution in [2.75, 3.05) is 0 Å². The Morgan fingerprint density at radius 3 is 2.68 bits per heavy atom. The van der Waals surface area contributed by atoms with Crippen LogP contribution in [0.1, 0.15) is 18.9 Å². The van der Waals surface area contributed by atoms with Crippen molar-refractivity contribution >= 4 is 22.6 Å². The molecule has 2 aromatic carbocycles. The number of ether oxygens (including phenoxy) is 1. The lowest BCUT2D eigenvalue weighted by atomic mass is 10.0. The summed E-state index contributed by atoms with van der Waals surface area (Å²) in [7, 11) is 0. The molecule has 3 heteroatoms. The van der Waals surface area contributed by atoms with Crippen LogP contribution in [0.4, 0.5) is 0 Å². The van der Waals surface area contributed by atoms with Gasteiger partial charge in [-0.3, -0.25) is 0 Å². The molecule has 0 saturated heterocycles. The lowest BCUT2D eigenvalue weighted by Gasteiger charge is -2.14. The molecule has 0 amide bonds. The predicted octanol–water partition coefficient (Wildman–Crippen LogP) is 4.36. The summed E-state index contributed by atoms with van der Waals surface area (Å²) in [6, 6.07) is 16.3. The van der Waals surface area contributed by atoms with Crippen LogP contribution in [0.25, 0.3) is 0 Å². The van der Waals surface area contributed by atoms with Crippen molar-refractivity contribution in [3.05, 3.63) is 57.7 Å². The van der Waals surface area contributed by atoms with Gasteiger partial charge in [0.05, 0.1) is 0 Å². The Hall–Kier alpha value is -1.07. The molecular weight excluding hydrogens is 349 g/mol. The number of rotatable bonds is 5. The van der Waals surface area contributed by atoms with Gasteiger partial charge in [-0.15, -0.1) is 0 Å². The summed E-state index contributed by atoms with van der Waals surface area (Å²) in [6.45, 7) is 2.10. The van der Waals surface area contributed by atoms with E-state index in [1.165, 1.54) is 0 Å². The molecule has 0 aliphatic carbocycles. The van der Waals surface area contributed by atoms with Crippen LogP contribution in [0.15, 0.2) is 48.5 Å². The molecule has 0 aliphatic rings. The number of halogens is 1. The summed E-state index contributed by atoms with van der Waals surface area (Å²) in [5.41, 5.74) is 7.20. The van der Waals surface area contributed by atoms with Gasteiger partial charge in [-0.1, -0.05) is 31.2 Å². The molecule has 0 radical (unpaired) electrons. The topological polar surface area (TPSA) is 35.2 Å². The molecule has 0 aromatic heterocycles. The molecule has 0 saturated carbocycles. The third-order valence-corrected chi connectivity index (χ3v) is 3.67. The van der Waals surface area contributed by atoms with Crippen molar-refractivity contribution < 1.29 is 4.74 Å². The summed E-state index contributed by atoms with van der Waals surface area (Å²) in [5.74, 6) is 1.76. The van der Waals surface area contributed by atoms with Gasteiger partial charge < -0.3 is 10.5 Å². The van der Waals surface area contributed by atoms with Gasteiger partial charge in [0.15, 0.2) is 0 Å². The number of hydrogen-bond donors (Lipinski definition) is 1. The summed E-state index contributed by atoms with van der Waals surface area (Å²) < 4.78 is 7.14. The first-order valence-electron chi connectivity index (χ1n) is 6.46. The van der Waals surface area contributed by atoms with Crippen molar-refractivity contribution in [3.63, 3.8) is 0 Å². The van der Waals surface area contributed by atoms with E-state index < -0.39 is 0 Å². The maximum Gasteiger partial charge on any atom is 0.130 e. The van der Waals surface area contributed by atoms with Crippen LogP contribution in [0.3, 0.4) is 0 Å². The predicted molar refractivity (Wildman–Crippen MR) is 87.6 cm³/mol. The zero-order valence-electron chi connectivity index (χ0n) is 11.0. The number of para-hydroxylation sites is 1. The Bertz CT molecular complexity index is 542. The Morgan fingerprint density at radius 1 is 1.16 bits per heavy atom. The lowest BCUT2D eigenvalue weighted by molar-refractivity contribution is 0.472. The number of benzene rings is 2. The third kappa shape index (κ3) is 4.21. The van der Waals surface area contributed by atoms with E-state index in [2.05, 4.69) is 35.6 Å². The van der Waals surface area contributed by atoms with Crippen LogP contribution < -0.4 is 10.5 Å². The molecule has 19 heavy (non-hydrogen) atoms. The fourth-order valence-corrected chi connectivity index (χ4v) is 2.37. The highest BCUT2D eigenvalue weighted by Crippen LogP contribution is 2.27. The Morgan fingerprint density at radius 2 is 1.95 bits per heavy atom. The molecule has 1 atom stereocenters. The van der Waals surface area contributed by atoms with Crippen LogP contribution in [0.5, 0.6) is 11.5 Å². The highest BCUT2D eigenvalue weighted by atomic mass is 127. The summed E-state index contributed by atoms with van der Waals surface area (Å²) >= 11 is 2.28. The summed E-state index contributed by atoms with van der Waals surface area (Å²) in [5, 5.41) is 0. The van der Waals surface area contributed by atoms with Gasteiger partial charge in [0.2, 0.25) is 0 Å². The standard InChI is InChI=1S/C16H18INO/c1-2-14(18)10-12-6-3-4-9-16(12)19-15-8-5-7-13(17)11-15/h3-9,11,14H,2,10,18H2,1H3. The molecule has 0 spiro atoms. The first-order valence-corrected chi connectivity index (χ1v) is 7.54. The van der Waals surface area contributed by atoms with E-state index >= 15 is 0 Å². The molecule has 2 nitrogen and oxygen atoms in total. The molecule has 1 unspecified atom stereocenters. The van der Waals surface area contributed by atoms with Gasteiger partial charge >= 0.3 is 0 Å². The highest BCUT2D eigenvalue weighted by Gasteiger charge is 2.08. The lowest BCUT2D eigenvalue weighted by Crippen LogP contribution is -2.21. The third-order valence-electron chi connectivity index (χ3n) is 3.00. The van der Waals surface area contributed by atoms with Crippen molar-refractivity contribution in [3.8, 4) is 11.5 Å². The van der Waals surface area contributed by atoms with Crippen LogP contribution in [-0.2, 0) is 6.42 Å². The van der Waals surface area contributed by atoms with Gasteiger partial charge in [-0.2, -0.15) is 0 Å². The number of nitrogens with two attached hydrogens (primary N) is 1. The van der Waals surface area contributed by atoms with Crippen molar-refractivity contribution in [2.45, 2.75) is 25.8 Å². The monoisotopic (exact) mass is 367 g/mol. The smallest absolute Gasteiger partial charge is 0.130 e. The molecule has 2 rings (SSSR count). The fourth-order valence-electron chi connectivity index (χ4n) is 1.86. The quantitative estimate of drug-likeness (QED) is 0.797. The molecule has 0 heterocycles. The largest absolute Gasteiger partial charge is 0.457 e. The number of hydrogen-bond acceptors (Lipinski definition) is 2. The highest BCUT2D eigenvalue weighted by molar-refractivity contribution is 14.1. The van der Waals surface area contributed by atoms with Crippen molar-refractivity contribution in [1.82, 2.24) is 0 Å². The van der Waals surface area contributed by atoms with Crippen LogP contribution in [0, 0.1) is 3.57 Å². The normalized spacial score (nSPS) is 12.2. The van der Waals surface area contributed by atoms with E-state index in [0.717, 1.165) is 33.5 Å². The van der Waals surface area contributed by atoms with E-state index in [4.69, 9.17) is 10.5 Å². The molecule has 2 N–H and O–H groups in total. The average Bonchev–Trinajstić information content (AvgIpc) is 2.41. The van der Waals surface area contributed by atoms with Crippen molar-refractivity contribution in [2.24, 2.45) is 5.73 Å². The minimum atomic E-state index is 0.181. The second kappa shape index (κ2) is 6.91. The summed E-state index contributed by atoms with van der Waals surface area (Å²) in [4.78, 5) is 0. The zero-order chi connectivity index (χ0) is 13.7.